The molecule has 21 heavy (non-hydrogen) atoms. The quantitative estimate of drug-likeness (QED) is 0.359. The van der Waals surface area contributed by atoms with Crippen LogP contribution >= 0.6 is 23.3 Å². The van der Waals surface area contributed by atoms with E-state index in [0.29, 0.717) is 0 Å². The summed E-state index contributed by atoms with van der Waals surface area (Å²) in [7, 11) is 0. The summed E-state index contributed by atoms with van der Waals surface area (Å²) >= 11 is 6.44. The lowest BCUT2D eigenvalue weighted by Crippen LogP contribution is -2.23. The van der Waals surface area contributed by atoms with Crippen molar-refractivity contribution in [2.45, 2.75) is 82.1 Å². The van der Waals surface area contributed by atoms with Crippen LogP contribution in [0.5, 0.6) is 0 Å². The first-order chi connectivity index (χ1) is 9.67. The first-order valence-corrected chi connectivity index (χ1v) is 10.2. The summed E-state index contributed by atoms with van der Waals surface area (Å²) < 4.78 is 0. The zero-order valence-corrected chi connectivity index (χ0v) is 18.3. The third-order valence-corrected chi connectivity index (χ3v) is 2.74. The summed E-state index contributed by atoms with van der Waals surface area (Å²) in [6.07, 6.45) is 2.61. The maximum atomic E-state index is 3.38. The fraction of sp³-hybridized carbons (Fsp3) is 1.00. The molecule has 0 saturated carbocycles. The molecule has 0 unspecified atom stereocenters. The van der Waals surface area contributed by atoms with Gasteiger partial charge in [0.25, 0.3) is 0 Å². The molecule has 0 rings (SSSR count). The molecule has 1 nitrogen and oxygen atoms in total. The number of nitrogens with one attached hydrogen (secondary N) is 1. The topological polar surface area (TPSA) is 12.0 Å². The fourth-order valence-corrected chi connectivity index (χ4v) is 0.661. The Kier molecular flexibility index (Phi) is 36.1. The van der Waals surface area contributed by atoms with Gasteiger partial charge in [0.1, 0.15) is 0 Å². The molecule has 1 N–H and O–H groups in total. The minimum Gasteiger partial charge on any atom is -0.316 e. The normalized spacial score (nSPS) is 9.71. The smallest absolute Gasteiger partial charge is 0.00257 e. The molecule has 0 spiro atoms. The van der Waals surface area contributed by atoms with Gasteiger partial charge in [-0.1, -0.05) is 82.1 Å². The summed E-state index contributed by atoms with van der Waals surface area (Å²) in [6.45, 7) is 24.5. The van der Waals surface area contributed by atoms with Crippen LogP contribution < -0.4 is 5.32 Å². The van der Waals surface area contributed by atoms with Gasteiger partial charge in [0.05, 0.1) is 0 Å². The standard InChI is InChI=1S/C8H19N.2C5H12.H2S2/c1-7(2)5-9-6-8(3)4;2*1-4-5(2)3;1-2/h7-9H,5-6H2,1-4H3;2*5H,4H2,1-3H3;1-2H. The maximum Gasteiger partial charge on any atom is -0.00257 e. The van der Waals surface area contributed by atoms with Crippen LogP contribution in [-0.4, -0.2) is 13.1 Å². The number of thiol groups is 2. The second-order valence-corrected chi connectivity index (χ2v) is 7.05. The minimum atomic E-state index is 0.781. The number of hydrogen-bond acceptors (Lipinski definition) is 3. The highest BCUT2D eigenvalue weighted by Crippen LogP contribution is 1.94. The van der Waals surface area contributed by atoms with Gasteiger partial charge < -0.3 is 5.32 Å². The molecule has 0 aromatic heterocycles. The highest BCUT2D eigenvalue weighted by molar-refractivity contribution is 8.59. The van der Waals surface area contributed by atoms with Crippen LogP contribution in [0.4, 0.5) is 0 Å². The SMILES string of the molecule is CC(C)CNCC(C)C.CCC(C)C.CCC(C)C.SS. The lowest BCUT2D eigenvalue weighted by atomic mass is 10.2. The zero-order valence-electron chi connectivity index (χ0n) is 16.5. The Balaban J connectivity index is -0.000000104. The molecule has 0 saturated heterocycles. The molecule has 0 atom stereocenters. The Morgan fingerprint density at radius 2 is 0.762 bits per heavy atom. The van der Waals surface area contributed by atoms with Crippen LogP contribution in [0.15, 0.2) is 0 Å². The van der Waals surface area contributed by atoms with Gasteiger partial charge in [-0.15, -0.1) is 23.3 Å². The van der Waals surface area contributed by atoms with Crippen molar-refractivity contribution in [1.82, 2.24) is 5.32 Å². The van der Waals surface area contributed by atoms with E-state index in [9.17, 15) is 0 Å². The highest BCUT2D eigenvalue weighted by Gasteiger charge is 1.94. The summed E-state index contributed by atoms with van der Waals surface area (Å²) in [5.41, 5.74) is 0. The van der Waals surface area contributed by atoms with Crippen molar-refractivity contribution in [3.63, 3.8) is 0 Å². The van der Waals surface area contributed by atoms with Crippen molar-refractivity contribution in [3.8, 4) is 0 Å². The molecule has 0 radical (unpaired) electrons. The molecule has 0 heterocycles. The Hall–Kier alpha value is 0.660. The van der Waals surface area contributed by atoms with E-state index in [4.69, 9.17) is 0 Å². The fourth-order valence-electron chi connectivity index (χ4n) is 0.661. The Morgan fingerprint density at radius 1 is 0.571 bits per heavy atom. The van der Waals surface area contributed by atoms with Crippen molar-refractivity contribution in [2.75, 3.05) is 13.1 Å². The minimum absolute atomic E-state index is 0.781. The second kappa shape index (κ2) is 25.6. The predicted octanol–water partition coefficient (Wildman–Crippen LogP) is 6.75. The van der Waals surface area contributed by atoms with Crippen molar-refractivity contribution in [3.05, 3.63) is 0 Å². The van der Waals surface area contributed by atoms with Crippen LogP contribution in [0.1, 0.15) is 82.1 Å². The third kappa shape index (κ3) is 63.3. The highest BCUT2D eigenvalue weighted by atomic mass is 33.1. The molecule has 134 valence electrons. The van der Waals surface area contributed by atoms with Gasteiger partial charge in [0.15, 0.2) is 0 Å². The summed E-state index contributed by atoms with van der Waals surface area (Å²) in [4.78, 5) is 0. The summed E-state index contributed by atoms with van der Waals surface area (Å²) in [6, 6.07) is 0. The molecule has 0 aromatic carbocycles. The first-order valence-electron chi connectivity index (χ1n) is 8.57. The average molecular weight is 340 g/mol. The predicted molar refractivity (Wildman–Crippen MR) is 111 cm³/mol. The van der Waals surface area contributed by atoms with Crippen molar-refractivity contribution in [1.29, 1.82) is 0 Å². The molecular formula is C18H45NS2. The lowest BCUT2D eigenvalue weighted by molar-refractivity contribution is 0.497. The van der Waals surface area contributed by atoms with Gasteiger partial charge in [0, 0.05) is 0 Å². The molecule has 0 aliphatic carbocycles. The molecule has 0 aliphatic rings. The van der Waals surface area contributed by atoms with Gasteiger partial charge in [-0.2, -0.15) is 0 Å². The molecule has 0 fully saturated rings. The Bertz CT molecular complexity index is 130. The van der Waals surface area contributed by atoms with E-state index in [1.54, 1.807) is 0 Å². The first kappa shape index (κ1) is 29.6. The zero-order chi connectivity index (χ0) is 17.8. The van der Waals surface area contributed by atoms with Gasteiger partial charge >= 0.3 is 0 Å². The number of rotatable bonds is 6. The largest absolute Gasteiger partial charge is 0.316 e. The van der Waals surface area contributed by atoms with Crippen molar-refractivity contribution in [2.24, 2.45) is 23.7 Å². The summed E-state index contributed by atoms with van der Waals surface area (Å²) in [5.74, 6) is 3.33. The molecule has 0 aliphatic heterocycles. The van der Waals surface area contributed by atoms with Crippen molar-refractivity contribution < 1.29 is 0 Å². The van der Waals surface area contributed by atoms with E-state index in [0.717, 1.165) is 36.8 Å². The third-order valence-electron chi connectivity index (χ3n) is 2.74. The van der Waals surface area contributed by atoms with Gasteiger partial charge in [-0.05, 0) is 36.8 Å². The average Bonchev–Trinajstić information content (AvgIpc) is 2.41. The van der Waals surface area contributed by atoms with E-state index in [-0.39, 0.29) is 0 Å². The molecule has 0 aromatic rings. The monoisotopic (exact) mass is 339 g/mol. The van der Waals surface area contributed by atoms with Crippen LogP contribution in [-0.2, 0) is 0 Å². The van der Waals surface area contributed by atoms with Crippen LogP contribution in [0.2, 0.25) is 0 Å². The van der Waals surface area contributed by atoms with E-state index in [2.05, 4.69) is 97.9 Å². The Morgan fingerprint density at radius 3 is 0.857 bits per heavy atom. The second-order valence-electron chi connectivity index (χ2n) is 7.05. The molecule has 0 amide bonds. The molecule has 0 bridgehead atoms. The summed E-state index contributed by atoms with van der Waals surface area (Å²) in [5, 5.41) is 3.38. The Labute approximate surface area is 147 Å². The van der Waals surface area contributed by atoms with Crippen molar-refractivity contribution >= 4 is 23.3 Å². The van der Waals surface area contributed by atoms with Gasteiger partial charge in [0.2, 0.25) is 0 Å². The molecular weight excluding hydrogens is 294 g/mol. The van der Waals surface area contributed by atoms with Crippen LogP contribution in [0.25, 0.3) is 0 Å². The maximum absolute atomic E-state index is 3.38. The lowest BCUT2D eigenvalue weighted by Gasteiger charge is -2.08. The van der Waals surface area contributed by atoms with E-state index in [1.165, 1.54) is 12.8 Å². The number of hydrogen-bond donors (Lipinski definition) is 3. The van der Waals surface area contributed by atoms with E-state index >= 15 is 0 Å². The van der Waals surface area contributed by atoms with Gasteiger partial charge in [-0.25, -0.2) is 0 Å². The van der Waals surface area contributed by atoms with Gasteiger partial charge in [-0.3, -0.25) is 0 Å². The van der Waals surface area contributed by atoms with Crippen LogP contribution in [0.3, 0.4) is 0 Å². The van der Waals surface area contributed by atoms with E-state index < -0.39 is 0 Å². The van der Waals surface area contributed by atoms with E-state index in [1.807, 2.05) is 0 Å². The molecule has 3 heteroatoms. The van der Waals surface area contributed by atoms with Crippen LogP contribution in [0, 0.1) is 23.7 Å².